The molecule has 0 aliphatic heterocycles. The van der Waals surface area contributed by atoms with Gasteiger partial charge in [0.15, 0.2) is 0 Å². The van der Waals surface area contributed by atoms with Gasteiger partial charge in [0.1, 0.15) is 0 Å². The van der Waals surface area contributed by atoms with Gasteiger partial charge in [-0.25, -0.2) is 0 Å². The summed E-state index contributed by atoms with van der Waals surface area (Å²) in [6.07, 6.45) is 0. The average molecular weight is 389 g/mol. The lowest BCUT2D eigenvalue weighted by Gasteiger charge is -2.16. The summed E-state index contributed by atoms with van der Waals surface area (Å²) in [5.74, 6) is 0. The summed E-state index contributed by atoms with van der Waals surface area (Å²) in [6.45, 7) is 4.18. The zero-order chi connectivity index (χ0) is 13.3. The van der Waals surface area contributed by atoms with E-state index in [0.29, 0.717) is 0 Å². The van der Waals surface area contributed by atoms with Crippen molar-refractivity contribution in [2.24, 2.45) is 0 Å². The summed E-state index contributed by atoms with van der Waals surface area (Å²) in [6, 6.07) is 12.5. The van der Waals surface area contributed by atoms with Crippen LogP contribution in [-0.2, 0) is 0 Å². The Hall–Kier alpha value is -0.310. The van der Waals surface area contributed by atoms with Gasteiger partial charge in [-0.15, -0.1) is 11.6 Å². The van der Waals surface area contributed by atoms with Crippen LogP contribution in [0, 0.1) is 13.8 Å². The third-order valence-electron chi connectivity index (χ3n) is 2.94. The SMILES string of the molecule is Cc1ccc(C)c(C(Cl)c2ccc(Br)cc2Br)c1. The first kappa shape index (κ1) is 14.1. The molecule has 2 aromatic rings. The Bertz CT molecular complexity index is 579. The minimum absolute atomic E-state index is 0.132. The average Bonchev–Trinajstić information content (AvgIpc) is 2.31. The first-order chi connectivity index (χ1) is 8.49. The number of halogens is 3. The molecule has 94 valence electrons. The zero-order valence-corrected chi connectivity index (χ0v) is 14.1. The van der Waals surface area contributed by atoms with Gasteiger partial charge in [-0.2, -0.15) is 0 Å². The van der Waals surface area contributed by atoms with Crippen LogP contribution >= 0.6 is 43.5 Å². The number of hydrogen-bond donors (Lipinski definition) is 0. The Balaban J connectivity index is 2.47. The lowest BCUT2D eigenvalue weighted by Crippen LogP contribution is -1.98. The zero-order valence-electron chi connectivity index (χ0n) is 10.2. The van der Waals surface area contributed by atoms with Crippen molar-refractivity contribution < 1.29 is 0 Å². The summed E-state index contributed by atoms with van der Waals surface area (Å²) in [5.41, 5.74) is 4.71. The molecular weight excluding hydrogens is 375 g/mol. The van der Waals surface area contributed by atoms with Gasteiger partial charge in [-0.1, -0.05) is 61.7 Å². The summed E-state index contributed by atoms with van der Waals surface area (Å²) >= 11 is 13.6. The van der Waals surface area contributed by atoms with Gasteiger partial charge in [0, 0.05) is 8.95 Å². The van der Waals surface area contributed by atoms with E-state index in [-0.39, 0.29) is 5.38 Å². The van der Waals surface area contributed by atoms with Crippen LogP contribution in [-0.4, -0.2) is 0 Å². The predicted octanol–water partition coefficient (Wildman–Crippen LogP) is 6.16. The number of hydrogen-bond acceptors (Lipinski definition) is 0. The molecule has 0 aromatic heterocycles. The predicted molar refractivity (Wildman–Crippen MR) is 85.5 cm³/mol. The Morgan fingerprint density at radius 3 is 2.33 bits per heavy atom. The molecule has 0 N–H and O–H groups in total. The molecule has 2 aromatic carbocycles. The molecule has 0 fully saturated rings. The molecule has 3 heteroatoms. The first-order valence-electron chi connectivity index (χ1n) is 5.65. The van der Waals surface area contributed by atoms with Gasteiger partial charge in [-0.05, 0) is 42.7 Å². The van der Waals surface area contributed by atoms with Gasteiger partial charge in [-0.3, -0.25) is 0 Å². The fourth-order valence-electron chi connectivity index (χ4n) is 1.91. The van der Waals surface area contributed by atoms with Crippen molar-refractivity contribution in [2.45, 2.75) is 19.2 Å². The van der Waals surface area contributed by atoms with E-state index in [1.54, 1.807) is 0 Å². The van der Waals surface area contributed by atoms with E-state index in [2.05, 4.69) is 63.9 Å². The van der Waals surface area contributed by atoms with Crippen LogP contribution in [0.1, 0.15) is 27.6 Å². The van der Waals surface area contributed by atoms with Crippen LogP contribution in [0.15, 0.2) is 45.3 Å². The summed E-state index contributed by atoms with van der Waals surface area (Å²) < 4.78 is 2.07. The van der Waals surface area contributed by atoms with Crippen molar-refractivity contribution >= 4 is 43.5 Å². The maximum atomic E-state index is 6.62. The van der Waals surface area contributed by atoms with E-state index < -0.39 is 0 Å². The molecule has 0 amide bonds. The van der Waals surface area contributed by atoms with Crippen LogP contribution in [0.4, 0.5) is 0 Å². The van der Waals surface area contributed by atoms with E-state index in [1.165, 1.54) is 16.7 Å². The van der Waals surface area contributed by atoms with Crippen molar-refractivity contribution in [3.8, 4) is 0 Å². The van der Waals surface area contributed by atoms with Gasteiger partial charge in [0.05, 0.1) is 5.38 Å². The lowest BCUT2D eigenvalue weighted by molar-refractivity contribution is 1.09. The van der Waals surface area contributed by atoms with Crippen molar-refractivity contribution in [2.75, 3.05) is 0 Å². The second-order valence-corrected chi connectivity index (χ2v) is 6.59. The molecule has 2 rings (SSSR count). The molecule has 1 atom stereocenters. The highest BCUT2D eigenvalue weighted by Crippen LogP contribution is 2.36. The minimum Gasteiger partial charge on any atom is -0.113 e. The monoisotopic (exact) mass is 386 g/mol. The van der Waals surface area contributed by atoms with Crippen molar-refractivity contribution in [1.82, 2.24) is 0 Å². The maximum absolute atomic E-state index is 6.62. The van der Waals surface area contributed by atoms with Gasteiger partial charge < -0.3 is 0 Å². The lowest BCUT2D eigenvalue weighted by atomic mass is 9.98. The fraction of sp³-hybridized carbons (Fsp3) is 0.200. The molecule has 0 spiro atoms. The van der Waals surface area contributed by atoms with Crippen molar-refractivity contribution in [3.63, 3.8) is 0 Å². The van der Waals surface area contributed by atoms with Crippen LogP contribution in [0.3, 0.4) is 0 Å². The van der Waals surface area contributed by atoms with Gasteiger partial charge >= 0.3 is 0 Å². The van der Waals surface area contributed by atoms with Crippen LogP contribution in [0.2, 0.25) is 0 Å². The number of aryl methyl sites for hydroxylation is 2. The molecule has 0 nitrogen and oxygen atoms in total. The molecule has 18 heavy (non-hydrogen) atoms. The quantitative estimate of drug-likeness (QED) is 0.541. The Morgan fingerprint density at radius 2 is 1.67 bits per heavy atom. The molecule has 0 radical (unpaired) electrons. The molecule has 0 saturated carbocycles. The summed E-state index contributed by atoms with van der Waals surface area (Å²) in [5, 5.41) is -0.132. The summed E-state index contributed by atoms with van der Waals surface area (Å²) in [7, 11) is 0. The standard InChI is InChI=1S/C15H13Br2Cl/c1-9-3-4-10(2)13(7-9)15(18)12-6-5-11(16)8-14(12)17/h3-8,15H,1-2H3. The van der Waals surface area contributed by atoms with E-state index in [4.69, 9.17) is 11.6 Å². The molecule has 0 aliphatic rings. The van der Waals surface area contributed by atoms with Crippen LogP contribution in [0.5, 0.6) is 0 Å². The molecular formula is C15H13Br2Cl. The van der Waals surface area contributed by atoms with E-state index in [0.717, 1.165) is 14.5 Å². The highest BCUT2D eigenvalue weighted by atomic mass is 79.9. The van der Waals surface area contributed by atoms with Gasteiger partial charge in [0.25, 0.3) is 0 Å². The highest BCUT2D eigenvalue weighted by Gasteiger charge is 2.16. The fourth-order valence-corrected chi connectivity index (χ4v) is 3.74. The van der Waals surface area contributed by atoms with Crippen LogP contribution < -0.4 is 0 Å². The topological polar surface area (TPSA) is 0 Å². The van der Waals surface area contributed by atoms with E-state index >= 15 is 0 Å². The smallest absolute Gasteiger partial charge is 0.0848 e. The number of benzene rings is 2. The molecule has 0 bridgehead atoms. The van der Waals surface area contributed by atoms with Gasteiger partial charge in [0.2, 0.25) is 0 Å². The number of rotatable bonds is 2. The largest absolute Gasteiger partial charge is 0.113 e. The second-order valence-electron chi connectivity index (χ2n) is 4.39. The Kier molecular flexibility index (Phi) is 4.52. The Labute approximate surface area is 130 Å². The third-order valence-corrected chi connectivity index (χ3v) is 4.59. The van der Waals surface area contributed by atoms with E-state index in [1.807, 2.05) is 18.2 Å². The molecule has 0 saturated heterocycles. The van der Waals surface area contributed by atoms with Crippen molar-refractivity contribution in [1.29, 1.82) is 0 Å². The first-order valence-corrected chi connectivity index (χ1v) is 7.67. The number of alkyl halides is 1. The molecule has 0 aliphatic carbocycles. The Morgan fingerprint density at radius 1 is 0.944 bits per heavy atom. The third kappa shape index (κ3) is 2.98. The molecule has 1 unspecified atom stereocenters. The maximum Gasteiger partial charge on any atom is 0.0848 e. The second kappa shape index (κ2) is 5.77. The normalized spacial score (nSPS) is 12.5. The van der Waals surface area contributed by atoms with Crippen molar-refractivity contribution in [3.05, 3.63) is 67.6 Å². The highest BCUT2D eigenvalue weighted by molar-refractivity contribution is 9.11. The molecule has 0 heterocycles. The summed E-state index contributed by atoms with van der Waals surface area (Å²) in [4.78, 5) is 0. The van der Waals surface area contributed by atoms with Crippen LogP contribution in [0.25, 0.3) is 0 Å². The minimum atomic E-state index is -0.132. The van der Waals surface area contributed by atoms with E-state index in [9.17, 15) is 0 Å².